The van der Waals surface area contributed by atoms with Gasteiger partial charge in [0.1, 0.15) is 5.41 Å². The van der Waals surface area contributed by atoms with E-state index in [-0.39, 0.29) is 37.4 Å². The number of nitrogens with zero attached hydrogens (tertiary/aromatic N) is 1. The summed E-state index contributed by atoms with van der Waals surface area (Å²) in [6.45, 7) is 4.03. The Hall–Kier alpha value is -2.14. The van der Waals surface area contributed by atoms with E-state index in [0.29, 0.717) is 10.0 Å². The molecule has 8 heteroatoms. The summed E-state index contributed by atoms with van der Waals surface area (Å²) in [6.07, 6.45) is 1.00. The van der Waals surface area contributed by atoms with Crippen LogP contribution in [0.1, 0.15) is 50.2 Å². The van der Waals surface area contributed by atoms with E-state index in [4.69, 9.17) is 28.3 Å². The number of aliphatic hydroxyl groups is 2. The van der Waals surface area contributed by atoms with Gasteiger partial charge in [-0.2, -0.15) is 5.26 Å². The van der Waals surface area contributed by atoms with Crippen molar-refractivity contribution in [2.75, 3.05) is 13.2 Å². The van der Waals surface area contributed by atoms with Gasteiger partial charge in [0.05, 0.1) is 24.8 Å². The molecule has 5 atom stereocenters. The van der Waals surface area contributed by atoms with Crippen molar-refractivity contribution in [2.45, 2.75) is 62.6 Å². The van der Waals surface area contributed by atoms with Crippen molar-refractivity contribution in [2.24, 2.45) is 5.92 Å². The average Bonchev–Trinajstić information content (AvgIpc) is 3.21. The first-order valence-corrected chi connectivity index (χ1v) is 12.8. The summed E-state index contributed by atoms with van der Waals surface area (Å²) in [5, 5.41) is 37.2. The Kier molecular flexibility index (Phi) is 9.57. The number of carbonyl (C=O) groups is 1. The van der Waals surface area contributed by atoms with Crippen LogP contribution in [0.15, 0.2) is 48.5 Å². The minimum atomic E-state index is -1.06. The number of hydrogen-bond acceptors (Lipinski definition) is 5. The van der Waals surface area contributed by atoms with Crippen LogP contribution >= 0.6 is 23.2 Å². The first-order chi connectivity index (χ1) is 16.8. The molecule has 2 aromatic rings. The molecule has 0 aliphatic carbocycles. The Bertz CT molecular complexity index is 1040. The molecule has 0 aromatic heterocycles. The van der Waals surface area contributed by atoms with Crippen LogP contribution in [0, 0.1) is 17.2 Å². The van der Waals surface area contributed by atoms with E-state index < -0.39 is 23.5 Å². The molecule has 1 aliphatic rings. The quantitative estimate of drug-likeness (QED) is 0.378. The summed E-state index contributed by atoms with van der Waals surface area (Å²) in [6, 6.07) is 16.3. The lowest BCUT2D eigenvalue weighted by Crippen LogP contribution is -2.47. The van der Waals surface area contributed by atoms with Gasteiger partial charge in [-0.05, 0) is 47.7 Å². The van der Waals surface area contributed by atoms with Crippen molar-refractivity contribution in [3.8, 4) is 6.07 Å². The van der Waals surface area contributed by atoms with Gasteiger partial charge in [-0.25, -0.2) is 0 Å². The van der Waals surface area contributed by atoms with Crippen LogP contribution < -0.4 is 10.6 Å². The second kappa shape index (κ2) is 12.2. The van der Waals surface area contributed by atoms with E-state index in [9.17, 15) is 15.2 Å². The van der Waals surface area contributed by atoms with Gasteiger partial charge in [0.25, 0.3) is 0 Å². The molecule has 0 spiro atoms. The third-order valence-electron chi connectivity index (χ3n) is 7.18. The summed E-state index contributed by atoms with van der Waals surface area (Å²) < 4.78 is 0. The molecular weight excluding hydrogens is 485 g/mol. The van der Waals surface area contributed by atoms with Crippen molar-refractivity contribution >= 4 is 29.1 Å². The molecule has 6 nitrogen and oxygen atoms in total. The molecule has 0 radical (unpaired) electrons. The van der Waals surface area contributed by atoms with Crippen molar-refractivity contribution in [1.29, 1.82) is 5.26 Å². The highest BCUT2D eigenvalue weighted by atomic mass is 35.5. The molecule has 0 bridgehead atoms. The van der Waals surface area contributed by atoms with Gasteiger partial charge < -0.3 is 20.8 Å². The normalized spacial score (nSPS) is 24.8. The van der Waals surface area contributed by atoms with E-state index in [0.717, 1.165) is 24.0 Å². The molecule has 1 saturated heterocycles. The zero-order valence-electron chi connectivity index (χ0n) is 20.0. The van der Waals surface area contributed by atoms with E-state index in [1.807, 2.05) is 30.3 Å². The average molecular weight is 518 g/mol. The number of carbonyl (C=O) groups excluding carboxylic acids is 1. The standard InChI is InChI=1S/C27H33Cl2N3O3/c1-3-17(4-2)25-27(16-30,19-8-10-20(28)11-9-19)23(18-6-5-7-21(29)14-18)24(32-25)26(35)31-13-12-22(34)15-33/h5-11,14,17,22-25,32-34H,3-4,12-13,15H2,1-2H3,(H,31,35)/t22-,23-,24+,25-,27+/m0/s1. The number of nitriles is 1. The predicted octanol–water partition coefficient (Wildman–Crippen LogP) is 4.17. The fourth-order valence-electron chi connectivity index (χ4n) is 5.38. The van der Waals surface area contributed by atoms with Crippen molar-refractivity contribution in [1.82, 2.24) is 10.6 Å². The van der Waals surface area contributed by atoms with Crippen LogP contribution in [-0.4, -0.2) is 47.5 Å². The second-order valence-electron chi connectivity index (χ2n) is 9.14. The van der Waals surface area contributed by atoms with Gasteiger partial charge in [0.2, 0.25) is 5.91 Å². The third kappa shape index (κ3) is 5.66. The number of nitrogens with one attached hydrogen (secondary N) is 2. The van der Waals surface area contributed by atoms with Crippen LogP contribution in [0.5, 0.6) is 0 Å². The first kappa shape index (κ1) is 27.4. The Balaban J connectivity index is 2.16. The van der Waals surface area contributed by atoms with Crippen LogP contribution in [0.25, 0.3) is 0 Å². The topological polar surface area (TPSA) is 105 Å². The van der Waals surface area contributed by atoms with E-state index in [1.165, 1.54) is 0 Å². The molecule has 1 fully saturated rings. The number of amides is 1. The zero-order valence-corrected chi connectivity index (χ0v) is 21.6. The lowest BCUT2D eigenvalue weighted by Gasteiger charge is -2.38. The van der Waals surface area contributed by atoms with Crippen molar-refractivity contribution in [3.63, 3.8) is 0 Å². The molecule has 0 unspecified atom stereocenters. The van der Waals surface area contributed by atoms with Crippen LogP contribution in [0.4, 0.5) is 0 Å². The third-order valence-corrected chi connectivity index (χ3v) is 7.67. The smallest absolute Gasteiger partial charge is 0.237 e. The maximum Gasteiger partial charge on any atom is 0.237 e. The first-order valence-electron chi connectivity index (χ1n) is 12.1. The van der Waals surface area contributed by atoms with Crippen molar-refractivity contribution in [3.05, 3.63) is 69.7 Å². The molecule has 1 heterocycles. The number of hydrogen-bond donors (Lipinski definition) is 4. The summed E-state index contributed by atoms with van der Waals surface area (Å²) >= 11 is 12.6. The minimum absolute atomic E-state index is 0.140. The number of aliphatic hydroxyl groups excluding tert-OH is 2. The largest absolute Gasteiger partial charge is 0.394 e. The van der Waals surface area contributed by atoms with Crippen LogP contribution in [0.3, 0.4) is 0 Å². The summed E-state index contributed by atoms with van der Waals surface area (Å²) in [5.41, 5.74) is 0.536. The number of halogens is 2. The van der Waals surface area contributed by atoms with Gasteiger partial charge in [-0.1, -0.05) is 74.2 Å². The molecule has 188 valence electrons. The molecular formula is C27H33Cl2N3O3. The molecule has 4 N–H and O–H groups in total. The van der Waals surface area contributed by atoms with E-state index in [1.54, 1.807) is 18.2 Å². The van der Waals surface area contributed by atoms with Gasteiger partial charge >= 0.3 is 0 Å². The van der Waals surface area contributed by atoms with Gasteiger partial charge in [-0.3, -0.25) is 4.79 Å². The fraction of sp³-hybridized carbons (Fsp3) is 0.481. The Labute approximate surface area is 217 Å². The van der Waals surface area contributed by atoms with E-state index >= 15 is 0 Å². The summed E-state index contributed by atoms with van der Waals surface area (Å²) in [4.78, 5) is 13.5. The Morgan fingerprint density at radius 1 is 1.17 bits per heavy atom. The molecule has 1 amide bonds. The van der Waals surface area contributed by atoms with Gasteiger partial charge in [0.15, 0.2) is 0 Å². The minimum Gasteiger partial charge on any atom is -0.394 e. The number of benzene rings is 2. The highest BCUT2D eigenvalue weighted by molar-refractivity contribution is 6.30. The molecule has 1 aliphatic heterocycles. The van der Waals surface area contributed by atoms with E-state index in [2.05, 4.69) is 30.6 Å². The highest BCUT2D eigenvalue weighted by Crippen LogP contribution is 2.51. The SMILES string of the molecule is CCC(CC)[C@@H]1N[C@@H](C(=O)NCC[C@H](O)CO)[C@H](c2cccc(Cl)c2)[C@@]1(C#N)c1ccc(Cl)cc1. The molecule has 3 rings (SSSR count). The van der Waals surface area contributed by atoms with Crippen LogP contribution in [0.2, 0.25) is 10.0 Å². The molecule has 2 aromatic carbocycles. The Morgan fingerprint density at radius 3 is 2.43 bits per heavy atom. The fourth-order valence-corrected chi connectivity index (χ4v) is 5.70. The zero-order chi connectivity index (χ0) is 25.6. The second-order valence-corrected chi connectivity index (χ2v) is 10.0. The maximum atomic E-state index is 13.5. The summed E-state index contributed by atoms with van der Waals surface area (Å²) in [7, 11) is 0. The Morgan fingerprint density at radius 2 is 1.86 bits per heavy atom. The van der Waals surface area contributed by atoms with Crippen LogP contribution in [-0.2, 0) is 10.2 Å². The lowest BCUT2D eigenvalue weighted by molar-refractivity contribution is -0.123. The maximum absolute atomic E-state index is 13.5. The van der Waals surface area contributed by atoms with Crippen molar-refractivity contribution < 1.29 is 15.0 Å². The monoisotopic (exact) mass is 517 g/mol. The lowest BCUT2D eigenvalue weighted by atomic mass is 9.62. The highest BCUT2D eigenvalue weighted by Gasteiger charge is 2.60. The van der Waals surface area contributed by atoms with Gasteiger partial charge in [-0.15, -0.1) is 0 Å². The predicted molar refractivity (Wildman–Crippen MR) is 138 cm³/mol. The number of rotatable bonds is 10. The molecule has 35 heavy (non-hydrogen) atoms. The molecule has 0 saturated carbocycles. The summed E-state index contributed by atoms with van der Waals surface area (Å²) in [5.74, 6) is -0.649. The van der Waals surface area contributed by atoms with Gasteiger partial charge in [0, 0.05) is 28.5 Å².